The number of aryl methyl sites for hydroxylation is 1. The van der Waals surface area contributed by atoms with E-state index in [1.807, 2.05) is 24.3 Å². The Balaban J connectivity index is 1.95. The van der Waals surface area contributed by atoms with Gasteiger partial charge in [0.25, 0.3) is 0 Å². The number of hydrogen-bond acceptors (Lipinski definition) is 3. The van der Waals surface area contributed by atoms with E-state index in [-0.39, 0.29) is 0 Å². The standard InChI is InChI=1S/C16H19NO2/c1-12-4-3-5-13(8-12)9-15(18)10-14-6-7-16(19-2)17-11-14/h3-8,11,15,18H,9-10H2,1-2H3. The molecule has 1 atom stereocenters. The molecule has 2 aromatic rings. The van der Waals surface area contributed by atoms with Crippen molar-refractivity contribution in [2.45, 2.75) is 25.9 Å². The van der Waals surface area contributed by atoms with Crippen LogP contribution in [0.2, 0.25) is 0 Å². The van der Waals surface area contributed by atoms with Crippen LogP contribution in [0.4, 0.5) is 0 Å². The smallest absolute Gasteiger partial charge is 0.212 e. The minimum absolute atomic E-state index is 0.392. The largest absolute Gasteiger partial charge is 0.481 e. The second-order valence-electron chi connectivity index (χ2n) is 4.76. The van der Waals surface area contributed by atoms with Crippen molar-refractivity contribution >= 4 is 0 Å². The minimum atomic E-state index is -0.392. The third kappa shape index (κ3) is 4.07. The van der Waals surface area contributed by atoms with Gasteiger partial charge < -0.3 is 9.84 Å². The molecule has 1 aromatic carbocycles. The molecule has 1 unspecified atom stereocenters. The van der Waals surface area contributed by atoms with Crippen LogP contribution in [0.5, 0.6) is 5.88 Å². The summed E-state index contributed by atoms with van der Waals surface area (Å²) in [5, 5.41) is 10.1. The molecule has 3 nitrogen and oxygen atoms in total. The fraction of sp³-hybridized carbons (Fsp3) is 0.312. The van der Waals surface area contributed by atoms with Crippen LogP contribution in [-0.4, -0.2) is 23.3 Å². The van der Waals surface area contributed by atoms with E-state index in [4.69, 9.17) is 4.74 Å². The quantitative estimate of drug-likeness (QED) is 0.895. The van der Waals surface area contributed by atoms with E-state index in [0.717, 1.165) is 11.1 Å². The van der Waals surface area contributed by atoms with Gasteiger partial charge in [-0.25, -0.2) is 4.98 Å². The molecule has 1 aromatic heterocycles. The molecule has 0 saturated heterocycles. The molecule has 100 valence electrons. The third-order valence-corrected chi connectivity index (χ3v) is 3.03. The normalized spacial score (nSPS) is 12.2. The molecule has 1 N–H and O–H groups in total. The van der Waals surface area contributed by atoms with Crippen molar-refractivity contribution in [1.82, 2.24) is 4.98 Å². The van der Waals surface area contributed by atoms with Crippen LogP contribution in [0.25, 0.3) is 0 Å². The van der Waals surface area contributed by atoms with Crippen LogP contribution in [0.15, 0.2) is 42.6 Å². The minimum Gasteiger partial charge on any atom is -0.481 e. The maximum absolute atomic E-state index is 10.1. The van der Waals surface area contributed by atoms with E-state index in [1.54, 1.807) is 13.3 Å². The Morgan fingerprint density at radius 3 is 2.58 bits per heavy atom. The van der Waals surface area contributed by atoms with E-state index in [2.05, 4.69) is 24.0 Å². The van der Waals surface area contributed by atoms with Crippen molar-refractivity contribution in [3.8, 4) is 5.88 Å². The van der Waals surface area contributed by atoms with Crippen LogP contribution in [-0.2, 0) is 12.8 Å². The molecule has 0 bridgehead atoms. The van der Waals surface area contributed by atoms with Crippen LogP contribution in [0.1, 0.15) is 16.7 Å². The Hall–Kier alpha value is -1.87. The zero-order valence-electron chi connectivity index (χ0n) is 11.3. The van der Waals surface area contributed by atoms with Crippen molar-refractivity contribution in [3.05, 3.63) is 59.3 Å². The molecular formula is C16H19NO2. The molecule has 0 fully saturated rings. The Morgan fingerprint density at radius 1 is 1.16 bits per heavy atom. The number of rotatable bonds is 5. The lowest BCUT2D eigenvalue weighted by atomic mass is 10.0. The van der Waals surface area contributed by atoms with Crippen molar-refractivity contribution in [2.75, 3.05) is 7.11 Å². The van der Waals surface area contributed by atoms with E-state index < -0.39 is 6.10 Å². The molecule has 0 saturated carbocycles. The zero-order valence-corrected chi connectivity index (χ0v) is 11.3. The van der Waals surface area contributed by atoms with Gasteiger partial charge in [-0.3, -0.25) is 0 Å². The first-order chi connectivity index (χ1) is 9.17. The first kappa shape index (κ1) is 13.6. The number of ether oxygens (including phenoxy) is 1. The van der Waals surface area contributed by atoms with Gasteiger partial charge in [-0.15, -0.1) is 0 Å². The first-order valence-electron chi connectivity index (χ1n) is 6.40. The number of aromatic nitrogens is 1. The van der Waals surface area contributed by atoms with Crippen molar-refractivity contribution in [2.24, 2.45) is 0 Å². The van der Waals surface area contributed by atoms with Gasteiger partial charge in [0.2, 0.25) is 5.88 Å². The van der Waals surface area contributed by atoms with Crippen LogP contribution in [0.3, 0.4) is 0 Å². The van der Waals surface area contributed by atoms with E-state index in [0.29, 0.717) is 18.7 Å². The van der Waals surface area contributed by atoms with Crippen molar-refractivity contribution < 1.29 is 9.84 Å². The molecule has 0 spiro atoms. The van der Waals surface area contributed by atoms with Gasteiger partial charge in [-0.2, -0.15) is 0 Å². The van der Waals surface area contributed by atoms with E-state index in [9.17, 15) is 5.11 Å². The van der Waals surface area contributed by atoms with Gasteiger partial charge >= 0.3 is 0 Å². The lowest BCUT2D eigenvalue weighted by molar-refractivity contribution is 0.175. The summed E-state index contributed by atoms with van der Waals surface area (Å²) in [4.78, 5) is 4.14. The lowest BCUT2D eigenvalue weighted by Gasteiger charge is -2.11. The summed E-state index contributed by atoms with van der Waals surface area (Å²) in [5.74, 6) is 0.594. The number of nitrogens with zero attached hydrogens (tertiary/aromatic N) is 1. The molecule has 3 heteroatoms. The Morgan fingerprint density at radius 2 is 1.95 bits per heavy atom. The van der Waals surface area contributed by atoms with Gasteiger partial charge in [0, 0.05) is 18.7 Å². The van der Waals surface area contributed by atoms with Gasteiger partial charge in [0.05, 0.1) is 13.2 Å². The molecule has 0 aliphatic rings. The summed E-state index contributed by atoms with van der Waals surface area (Å²) < 4.78 is 5.01. The fourth-order valence-corrected chi connectivity index (χ4v) is 2.11. The highest BCUT2D eigenvalue weighted by Gasteiger charge is 2.07. The highest BCUT2D eigenvalue weighted by atomic mass is 16.5. The SMILES string of the molecule is COc1ccc(CC(O)Cc2cccc(C)c2)cn1. The summed E-state index contributed by atoms with van der Waals surface area (Å²) in [6.45, 7) is 2.06. The van der Waals surface area contributed by atoms with Gasteiger partial charge in [0.1, 0.15) is 0 Å². The topological polar surface area (TPSA) is 42.4 Å². The molecule has 0 aliphatic heterocycles. The van der Waals surface area contributed by atoms with Crippen molar-refractivity contribution in [3.63, 3.8) is 0 Å². The monoisotopic (exact) mass is 257 g/mol. The molecule has 0 amide bonds. The number of methoxy groups -OCH3 is 1. The zero-order chi connectivity index (χ0) is 13.7. The molecule has 19 heavy (non-hydrogen) atoms. The maximum Gasteiger partial charge on any atom is 0.212 e. The molecule has 2 rings (SSSR count). The van der Waals surface area contributed by atoms with Crippen molar-refractivity contribution in [1.29, 1.82) is 0 Å². The third-order valence-electron chi connectivity index (χ3n) is 3.03. The highest BCUT2D eigenvalue weighted by molar-refractivity contribution is 5.23. The molecule has 0 radical (unpaired) electrons. The summed E-state index contributed by atoms with van der Waals surface area (Å²) in [5.41, 5.74) is 3.39. The predicted molar refractivity (Wildman–Crippen MR) is 75.4 cm³/mol. The highest BCUT2D eigenvalue weighted by Crippen LogP contribution is 2.12. The van der Waals surface area contributed by atoms with Crippen LogP contribution >= 0.6 is 0 Å². The number of pyridine rings is 1. The summed E-state index contributed by atoms with van der Waals surface area (Å²) in [6, 6.07) is 12.0. The number of aliphatic hydroxyl groups is 1. The van der Waals surface area contributed by atoms with Crippen LogP contribution in [0, 0.1) is 6.92 Å². The summed E-state index contributed by atoms with van der Waals surface area (Å²) >= 11 is 0. The molecular weight excluding hydrogens is 238 g/mol. The average molecular weight is 257 g/mol. The maximum atomic E-state index is 10.1. The number of hydrogen-bond donors (Lipinski definition) is 1. The average Bonchev–Trinajstić information content (AvgIpc) is 2.39. The second kappa shape index (κ2) is 6.34. The first-order valence-corrected chi connectivity index (χ1v) is 6.40. The molecule has 1 heterocycles. The number of aliphatic hydroxyl groups excluding tert-OH is 1. The second-order valence-corrected chi connectivity index (χ2v) is 4.76. The van der Waals surface area contributed by atoms with E-state index >= 15 is 0 Å². The Bertz CT molecular complexity index is 523. The molecule has 0 aliphatic carbocycles. The Kier molecular flexibility index (Phi) is 4.53. The lowest BCUT2D eigenvalue weighted by Crippen LogP contribution is -2.14. The van der Waals surface area contributed by atoms with Gasteiger partial charge in [-0.05, 0) is 24.5 Å². The number of benzene rings is 1. The fourth-order valence-electron chi connectivity index (χ4n) is 2.11. The summed E-state index contributed by atoms with van der Waals surface area (Å²) in [7, 11) is 1.59. The van der Waals surface area contributed by atoms with E-state index in [1.165, 1.54) is 5.56 Å². The summed E-state index contributed by atoms with van der Waals surface area (Å²) in [6.07, 6.45) is 2.62. The van der Waals surface area contributed by atoms with Gasteiger partial charge in [-0.1, -0.05) is 35.9 Å². The van der Waals surface area contributed by atoms with Gasteiger partial charge in [0.15, 0.2) is 0 Å². The van der Waals surface area contributed by atoms with Crippen LogP contribution < -0.4 is 4.74 Å². The Labute approximate surface area is 113 Å². The predicted octanol–water partition coefficient (Wildman–Crippen LogP) is 2.54.